The molecule has 1 saturated carbocycles. The molecule has 0 unspecified atom stereocenters. The Bertz CT molecular complexity index is 643. The van der Waals surface area contributed by atoms with Crippen molar-refractivity contribution in [2.24, 2.45) is 13.0 Å². The van der Waals surface area contributed by atoms with Gasteiger partial charge in [0.25, 0.3) is 0 Å². The first-order valence-electron chi connectivity index (χ1n) is 8.83. The lowest BCUT2D eigenvalue weighted by molar-refractivity contribution is 0.126. The van der Waals surface area contributed by atoms with Gasteiger partial charge in [0.05, 0.1) is 0 Å². The Morgan fingerprint density at radius 2 is 1.71 bits per heavy atom. The molecule has 5 heteroatoms. The third-order valence-corrected chi connectivity index (χ3v) is 5.64. The number of rotatable bonds is 3. The van der Waals surface area contributed by atoms with Crippen LogP contribution in [0, 0.1) is 5.92 Å². The monoisotopic (exact) mass is 369 g/mol. The molecule has 2 fully saturated rings. The molecule has 2 aliphatic rings. The van der Waals surface area contributed by atoms with E-state index in [-0.39, 0.29) is 24.8 Å². The second-order valence-corrected chi connectivity index (χ2v) is 6.99. The molecule has 1 aromatic carbocycles. The van der Waals surface area contributed by atoms with E-state index in [1.54, 1.807) is 5.56 Å². The Balaban J connectivity index is 0.00000104. The summed E-state index contributed by atoms with van der Waals surface area (Å²) in [4.78, 5) is 2.74. The van der Waals surface area contributed by atoms with E-state index in [9.17, 15) is 0 Å². The molecule has 4 rings (SSSR count). The molecule has 134 valence electrons. The number of benzene rings is 1. The number of aromatic nitrogens is 1. The summed E-state index contributed by atoms with van der Waals surface area (Å²) < 4.78 is 2.31. The average Bonchev–Trinajstić information content (AvgIpc) is 3.19. The highest BCUT2D eigenvalue weighted by atomic mass is 35.5. The van der Waals surface area contributed by atoms with E-state index >= 15 is 0 Å². The summed E-state index contributed by atoms with van der Waals surface area (Å²) >= 11 is 0. The maximum absolute atomic E-state index is 3.51. The first-order chi connectivity index (χ1) is 10.8. The lowest BCUT2D eigenvalue weighted by Crippen LogP contribution is -2.46. The second kappa shape index (κ2) is 8.57. The summed E-state index contributed by atoms with van der Waals surface area (Å²) in [6, 6.07) is 9.52. The molecule has 0 radical (unpaired) electrons. The third-order valence-electron chi connectivity index (χ3n) is 5.64. The summed E-state index contributed by atoms with van der Waals surface area (Å²) in [5.74, 6) is 0.837. The molecule has 2 aromatic rings. The maximum Gasteiger partial charge on any atom is 0.0481 e. The minimum Gasteiger partial charge on any atom is -0.350 e. The molecule has 24 heavy (non-hydrogen) atoms. The van der Waals surface area contributed by atoms with Crippen molar-refractivity contribution in [2.45, 2.75) is 31.7 Å². The topological polar surface area (TPSA) is 20.2 Å². The lowest BCUT2D eigenvalue weighted by atomic mass is 9.89. The van der Waals surface area contributed by atoms with E-state index in [4.69, 9.17) is 0 Å². The van der Waals surface area contributed by atoms with Gasteiger partial charge in [0.1, 0.15) is 0 Å². The largest absolute Gasteiger partial charge is 0.350 e. The highest BCUT2D eigenvalue weighted by Crippen LogP contribution is 2.42. The van der Waals surface area contributed by atoms with E-state index in [2.05, 4.69) is 52.3 Å². The fraction of sp³-hybridized carbons (Fsp3) is 0.579. The Labute approximate surface area is 157 Å². The maximum atomic E-state index is 3.51. The molecule has 1 aliphatic carbocycles. The summed E-state index contributed by atoms with van der Waals surface area (Å²) in [5, 5.41) is 4.97. The standard InChI is InChI=1S/C19H27N3.2ClH/c1-21-14-17(16-8-4-5-9-18(16)21)19(15-6-2-3-7-15)22-12-10-20-11-13-22;;/h4-5,8-9,14-15,19-20H,2-3,6-7,10-13H2,1H3;2*1H/t19-;;/m0../s1. The zero-order valence-electron chi connectivity index (χ0n) is 14.4. The molecule has 1 aliphatic heterocycles. The van der Waals surface area contributed by atoms with Gasteiger partial charge >= 0.3 is 0 Å². The van der Waals surface area contributed by atoms with Crippen LogP contribution in [0.4, 0.5) is 0 Å². The molecule has 1 saturated heterocycles. The van der Waals surface area contributed by atoms with Gasteiger partial charge in [-0.15, -0.1) is 24.8 Å². The van der Waals surface area contributed by atoms with Crippen LogP contribution in [0.2, 0.25) is 0 Å². The van der Waals surface area contributed by atoms with Crippen molar-refractivity contribution in [1.29, 1.82) is 0 Å². The van der Waals surface area contributed by atoms with Gasteiger partial charge < -0.3 is 9.88 Å². The first-order valence-corrected chi connectivity index (χ1v) is 8.83. The third kappa shape index (κ3) is 3.60. The number of hydrogen-bond acceptors (Lipinski definition) is 2. The van der Waals surface area contributed by atoms with Crippen molar-refractivity contribution < 1.29 is 0 Å². The van der Waals surface area contributed by atoms with Crippen molar-refractivity contribution in [2.75, 3.05) is 26.2 Å². The zero-order chi connectivity index (χ0) is 14.9. The SMILES string of the molecule is Cl.Cl.Cn1cc([C@H](C2CCCC2)N2CCNCC2)c2ccccc21. The Morgan fingerprint density at radius 1 is 1.04 bits per heavy atom. The predicted molar refractivity (Wildman–Crippen MR) is 107 cm³/mol. The Kier molecular flexibility index (Phi) is 6.99. The Morgan fingerprint density at radius 3 is 2.42 bits per heavy atom. The molecule has 0 bridgehead atoms. The average molecular weight is 370 g/mol. The molecule has 1 atom stereocenters. The first kappa shape index (κ1) is 19.6. The molecule has 1 N–H and O–H groups in total. The van der Waals surface area contributed by atoms with Gasteiger partial charge in [-0.25, -0.2) is 0 Å². The van der Waals surface area contributed by atoms with Crippen LogP contribution < -0.4 is 5.32 Å². The summed E-state index contributed by atoms with van der Waals surface area (Å²) in [7, 11) is 2.19. The van der Waals surface area contributed by atoms with Crippen LogP contribution in [0.15, 0.2) is 30.5 Å². The molecule has 1 aromatic heterocycles. The Hall–Kier alpha value is -0.740. The van der Waals surface area contributed by atoms with E-state index in [0.717, 1.165) is 19.0 Å². The van der Waals surface area contributed by atoms with Crippen LogP contribution in [0.25, 0.3) is 10.9 Å². The van der Waals surface area contributed by atoms with Crippen molar-refractivity contribution in [3.63, 3.8) is 0 Å². The highest BCUT2D eigenvalue weighted by molar-refractivity contribution is 5.86. The summed E-state index contributed by atoms with van der Waals surface area (Å²) in [5.41, 5.74) is 2.93. The van der Waals surface area contributed by atoms with Gasteiger partial charge in [-0.05, 0) is 30.4 Å². The van der Waals surface area contributed by atoms with Crippen LogP contribution in [0.3, 0.4) is 0 Å². The van der Waals surface area contributed by atoms with Gasteiger partial charge in [0, 0.05) is 56.4 Å². The van der Waals surface area contributed by atoms with Gasteiger partial charge in [0.15, 0.2) is 0 Å². The minimum absolute atomic E-state index is 0. The van der Waals surface area contributed by atoms with Crippen LogP contribution >= 0.6 is 24.8 Å². The number of fused-ring (bicyclic) bond motifs is 1. The van der Waals surface area contributed by atoms with E-state index in [0.29, 0.717) is 6.04 Å². The van der Waals surface area contributed by atoms with E-state index in [1.165, 1.54) is 49.7 Å². The summed E-state index contributed by atoms with van der Waals surface area (Å²) in [6.07, 6.45) is 8.03. The number of piperazine rings is 1. The van der Waals surface area contributed by atoms with Gasteiger partial charge in [-0.2, -0.15) is 0 Å². The van der Waals surface area contributed by atoms with Gasteiger partial charge in [-0.1, -0.05) is 31.0 Å². The fourth-order valence-corrected chi connectivity index (χ4v) is 4.59. The fourth-order valence-electron chi connectivity index (χ4n) is 4.59. The van der Waals surface area contributed by atoms with Crippen molar-refractivity contribution >= 4 is 35.7 Å². The molecule has 0 amide bonds. The summed E-state index contributed by atoms with van der Waals surface area (Å²) in [6.45, 7) is 4.64. The second-order valence-electron chi connectivity index (χ2n) is 6.99. The van der Waals surface area contributed by atoms with Crippen molar-refractivity contribution in [1.82, 2.24) is 14.8 Å². The molecular weight excluding hydrogens is 341 g/mol. The molecule has 0 spiro atoms. The quantitative estimate of drug-likeness (QED) is 0.876. The van der Waals surface area contributed by atoms with Crippen LogP contribution in [0.1, 0.15) is 37.3 Å². The van der Waals surface area contributed by atoms with Crippen molar-refractivity contribution in [3.05, 3.63) is 36.0 Å². The normalized spacial score (nSPS) is 20.5. The van der Waals surface area contributed by atoms with E-state index in [1.807, 2.05) is 0 Å². The smallest absolute Gasteiger partial charge is 0.0481 e. The van der Waals surface area contributed by atoms with Crippen LogP contribution in [-0.2, 0) is 7.05 Å². The van der Waals surface area contributed by atoms with Gasteiger partial charge in [-0.3, -0.25) is 4.90 Å². The molecule has 2 heterocycles. The number of halogens is 2. The highest BCUT2D eigenvalue weighted by Gasteiger charge is 2.33. The number of aryl methyl sites for hydroxylation is 1. The van der Waals surface area contributed by atoms with Crippen LogP contribution in [0.5, 0.6) is 0 Å². The number of hydrogen-bond donors (Lipinski definition) is 1. The number of nitrogens with one attached hydrogen (secondary N) is 1. The lowest BCUT2D eigenvalue weighted by Gasteiger charge is -2.38. The number of nitrogens with zero attached hydrogens (tertiary/aromatic N) is 2. The molecule has 3 nitrogen and oxygen atoms in total. The minimum atomic E-state index is 0. The predicted octanol–water partition coefficient (Wildman–Crippen LogP) is 4.16. The zero-order valence-corrected chi connectivity index (χ0v) is 16.0. The number of para-hydroxylation sites is 1. The molecular formula is C19H29Cl2N3. The van der Waals surface area contributed by atoms with Crippen LogP contribution in [-0.4, -0.2) is 35.6 Å². The van der Waals surface area contributed by atoms with Gasteiger partial charge in [0.2, 0.25) is 0 Å². The van der Waals surface area contributed by atoms with E-state index < -0.39 is 0 Å². The van der Waals surface area contributed by atoms with Crippen molar-refractivity contribution in [3.8, 4) is 0 Å².